The third kappa shape index (κ3) is 3.62. The quantitative estimate of drug-likeness (QED) is 0.853. The predicted molar refractivity (Wildman–Crippen MR) is 86.8 cm³/mol. The molecular formula is C13H21BrN2O2S2. The summed E-state index contributed by atoms with van der Waals surface area (Å²) in [5, 5.41) is 3.34. The lowest BCUT2D eigenvalue weighted by Gasteiger charge is -2.28. The zero-order valence-corrected chi connectivity index (χ0v) is 15.1. The van der Waals surface area contributed by atoms with Crippen LogP contribution in [0, 0.1) is 12.8 Å². The molecule has 0 amide bonds. The number of nitrogens with zero attached hydrogens (tertiary/aromatic N) is 1. The third-order valence-electron chi connectivity index (χ3n) is 3.64. The molecule has 0 radical (unpaired) electrons. The fourth-order valence-electron chi connectivity index (χ4n) is 2.45. The van der Waals surface area contributed by atoms with Crippen LogP contribution in [0.2, 0.25) is 0 Å². The molecule has 7 heteroatoms. The van der Waals surface area contributed by atoms with Gasteiger partial charge in [0, 0.05) is 13.1 Å². The van der Waals surface area contributed by atoms with E-state index in [0.717, 1.165) is 35.3 Å². The summed E-state index contributed by atoms with van der Waals surface area (Å²) in [4.78, 5) is 0. The molecule has 1 atom stereocenters. The highest BCUT2D eigenvalue weighted by atomic mass is 79.9. The van der Waals surface area contributed by atoms with E-state index >= 15 is 0 Å². The molecule has 1 aromatic heterocycles. The lowest BCUT2D eigenvalue weighted by atomic mass is 10.00. The van der Waals surface area contributed by atoms with Gasteiger partial charge in [0.2, 0.25) is 0 Å². The smallest absolute Gasteiger partial charge is 0.252 e. The molecule has 1 aliphatic rings. The van der Waals surface area contributed by atoms with Crippen LogP contribution in [-0.4, -0.2) is 38.9 Å². The van der Waals surface area contributed by atoms with Crippen molar-refractivity contribution in [2.75, 3.05) is 26.2 Å². The Balaban J connectivity index is 2.16. The van der Waals surface area contributed by atoms with Gasteiger partial charge in [0.25, 0.3) is 10.0 Å². The Kier molecular flexibility index (Phi) is 5.64. The molecular weight excluding hydrogens is 360 g/mol. The summed E-state index contributed by atoms with van der Waals surface area (Å²) in [6.07, 6.45) is 2.23. The minimum absolute atomic E-state index is 0.419. The second kappa shape index (κ2) is 6.87. The highest BCUT2D eigenvalue weighted by Gasteiger charge is 2.28. The Labute approximate surface area is 133 Å². The number of halogens is 1. The molecule has 1 aromatic rings. The standard InChI is InChI=1S/C13H21BrN2O2S2/c1-3-16(9-11-5-4-6-15-8-11)20(17,18)12-7-10(2)13(14)19-12/h7,11,15H,3-6,8-9H2,1-2H3. The molecule has 0 spiro atoms. The number of aryl methyl sites for hydroxylation is 1. The van der Waals surface area contributed by atoms with Gasteiger partial charge in [-0.3, -0.25) is 0 Å². The van der Waals surface area contributed by atoms with Crippen LogP contribution < -0.4 is 5.32 Å². The summed E-state index contributed by atoms with van der Waals surface area (Å²) < 4.78 is 28.3. The number of nitrogens with one attached hydrogen (secondary N) is 1. The van der Waals surface area contributed by atoms with Crippen LogP contribution >= 0.6 is 27.3 Å². The molecule has 20 heavy (non-hydrogen) atoms. The van der Waals surface area contributed by atoms with Gasteiger partial charge in [-0.1, -0.05) is 6.92 Å². The number of thiophene rings is 1. The molecule has 0 aromatic carbocycles. The van der Waals surface area contributed by atoms with Crippen molar-refractivity contribution in [3.05, 3.63) is 15.4 Å². The van der Waals surface area contributed by atoms with Gasteiger partial charge >= 0.3 is 0 Å². The van der Waals surface area contributed by atoms with Crippen molar-refractivity contribution in [2.45, 2.75) is 30.9 Å². The fourth-order valence-corrected chi connectivity index (χ4v) is 6.36. The molecule has 1 aliphatic heterocycles. The zero-order chi connectivity index (χ0) is 14.8. The van der Waals surface area contributed by atoms with E-state index in [1.807, 2.05) is 13.8 Å². The summed E-state index contributed by atoms with van der Waals surface area (Å²) in [6.45, 7) is 6.92. The van der Waals surface area contributed by atoms with Crippen molar-refractivity contribution >= 4 is 37.3 Å². The molecule has 0 aliphatic carbocycles. The second-order valence-electron chi connectivity index (χ2n) is 5.19. The molecule has 4 nitrogen and oxygen atoms in total. The minimum atomic E-state index is -3.36. The first-order valence-corrected chi connectivity index (χ1v) is 9.97. The summed E-state index contributed by atoms with van der Waals surface area (Å²) in [5.41, 5.74) is 0.976. The molecule has 1 fully saturated rings. The normalized spacial score (nSPS) is 20.5. The first kappa shape index (κ1) is 16.4. The Bertz CT molecular complexity index is 531. The van der Waals surface area contributed by atoms with Crippen molar-refractivity contribution in [2.24, 2.45) is 5.92 Å². The Morgan fingerprint density at radius 3 is 2.80 bits per heavy atom. The minimum Gasteiger partial charge on any atom is -0.316 e. The second-order valence-corrected chi connectivity index (χ2v) is 9.73. The molecule has 1 N–H and O–H groups in total. The monoisotopic (exact) mass is 380 g/mol. The molecule has 1 saturated heterocycles. The van der Waals surface area contributed by atoms with Crippen LogP contribution in [0.1, 0.15) is 25.3 Å². The van der Waals surface area contributed by atoms with E-state index in [2.05, 4.69) is 21.2 Å². The van der Waals surface area contributed by atoms with E-state index in [-0.39, 0.29) is 0 Å². The number of piperidine rings is 1. The van der Waals surface area contributed by atoms with Crippen LogP contribution in [0.5, 0.6) is 0 Å². The van der Waals surface area contributed by atoms with Crippen molar-refractivity contribution < 1.29 is 8.42 Å². The van der Waals surface area contributed by atoms with Crippen molar-refractivity contribution in [3.63, 3.8) is 0 Å². The topological polar surface area (TPSA) is 49.4 Å². The lowest BCUT2D eigenvalue weighted by Crippen LogP contribution is -2.40. The van der Waals surface area contributed by atoms with E-state index in [1.54, 1.807) is 10.4 Å². The van der Waals surface area contributed by atoms with E-state index in [4.69, 9.17) is 0 Å². The van der Waals surface area contributed by atoms with E-state index in [0.29, 0.717) is 23.2 Å². The number of hydrogen-bond acceptors (Lipinski definition) is 4. The van der Waals surface area contributed by atoms with E-state index in [9.17, 15) is 8.42 Å². The van der Waals surface area contributed by atoms with Crippen molar-refractivity contribution in [1.29, 1.82) is 0 Å². The molecule has 2 rings (SSSR count). The average Bonchev–Trinajstić information content (AvgIpc) is 2.78. The maximum atomic E-state index is 12.7. The Morgan fingerprint density at radius 2 is 2.30 bits per heavy atom. The van der Waals surface area contributed by atoms with Gasteiger partial charge < -0.3 is 5.32 Å². The third-order valence-corrected chi connectivity index (χ3v) is 8.17. The van der Waals surface area contributed by atoms with Crippen LogP contribution in [0.3, 0.4) is 0 Å². The summed E-state index contributed by atoms with van der Waals surface area (Å²) in [5.74, 6) is 0.419. The van der Waals surface area contributed by atoms with Gasteiger partial charge in [-0.15, -0.1) is 11.3 Å². The maximum absolute atomic E-state index is 12.7. The molecule has 2 heterocycles. The number of sulfonamides is 1. The van der Waals surface area contributed by atoms with Crippen LogP contribution in [0.25, 0.3) is 0 Å². The van der Waals surface area contributed by atoms with Crippen molar-refractivity contribution in [1.82, 2.24) is 9.62 Å². The predicted octanol–water partition coefficient (Wildman–Crippen LogP) is 2.83. The van der Waals surface area contributed by atoms with Gasteiger partial charge in [-0.25, -0.2) is 8.42 Å². The molecule has 1 unspecified atom stereocenters. The van der Waals surface area contributed by atoms with Gasteiger partial charge in [-0.2, -0.15) is 4.31 Å². The molecule has 114 valence electrons. The number of rotatable bonds is 5. The van der Waals surface area contributed by atoms with Crippen LogP contribution in [0.15, 0.2) is 14.1 Å². The Hall–Kier alpha value is 0.0500. The lowest BCUT2D eigenvalue weighted by molar-refractivity contribution is 0.298. The highest BCUT2D eigenvalue weighted by Crippen LogP contribution is 2.32. The SMILES string of the molecule is CCN(CC1CCCNC1)S(=O)(=O)c1cc(C)c(Br)s1. The molecule has 0 saturated carbocycles. The zero-order valence-electron chi connectivity index (χ0n) is 11.9. The Morgan fingerprint density at radius 1 is 1.55 bits per heavy atom. The highest BCUT2D eigenvalue weighted by molar-refractivity contribution is 9.11. The van der Waals surface area contributed by atoms with Crippen molar-refractivity contribution in [3.8, 4) is 0 Å². The van der Waals surface area contributed by atoms with Gasteiger partial charge in [0.15, 0.2) is 0 Å². The molecule has 0 bridgehead atoms. The summed E-state index contributed by atoms with van der Waals surface area (Å²) in [7, 11) is -3.36. The first-order valence-electron chi connectivity index (χ1n) is 6.92. The maximum Gasteiger partial charge on any atom is 0.252 e. The first-order chi connectivity index (χ1) is 9.45. The van der Waals surface area contributed by atoms with E-state index < -0.39 is 10.0 Å². The van der Waals surface area contributed by atoms with Gasteiger partial charge in [0.1, 0.15) is 4.21 Å². The van der Waals surface area contributed by atoms with Gasteiger partial charge in [-0.05, 0) is 66.3 Å². The summed E-state index contributed by atoms with van der Waals surface area (Å²) >= 11 is 4.70. The fraction of sp³-hybridized carbons (Fsp3) is 0.692. The van der Waals surface area contributed by atoms with E-state index in [1.165, 1.54) is 11.3 Å². The van der Waals surface area contributed by atoms with Gasteiger partial charge in [0.05, 0.1) is 3.79 Å². The largest absolute Gasteiger partial charge is 0.316 e. The number of hydrogen-bond donors (Lipinski definition) is 1. The summed E-state index contributed by atoms with van der Waals surface area (Å²) in [6, 6.07) is 1.76. The van der Waals surface area contributed by atoms with Crippen LogP contribution in [0.4, 0.5) is 0 Å². The average molecular weight is 381 g/mol. The van der Waals surface area contributed by atoms with Crippen LogP contribution in [-0.2, 0) is 10.0 Å².